The molecule has 0 spiro atoms. The Hall–Kier alpha value is -3.39. The Morgan fingerprint density at radius 2 is 1.88 bits per heavy atom. The Morgan fingerprint density at radius 1 is 1.12 bits per heavy atom. The molecule has 3 aliphatic heterocycles. The summed E-state index contributed by atoms with van der Waals surface area (Å²) in [5, 5.41) is 4.76. The normalized spacial score (nSPS) is 21.9. The summed E-state index contributed by atoms with van der Waals surface area (Å²) < 4.78 is 7.23. The van der Waals surface area contributed by atoms with Gasteiger partial charge in [-0.1, -0.05) is 13.0 Å². The van der Waals surface area contributed by atoms with E-state index in [2.05, 4.69) is 47.0 Å². The second-order valence-electron chi connectivity index (χ2n) is 9.00. The van der Waals surface area contributed by atoms with Gasteiger partial charge in [0, 0.05) is 44.2 Å². The second kappa shape index (κ2) is 8.51. The van der Waals surface area contributed by atoms with E-state index in [1.165, 1.54) is 0 Å². The zero-order valence-corrected chi connectivity index (χ0v) is 19.7. The Bertz CT molecular complexity index is 1210. The molecule has 8 nitrogen and oxygen atoms in total. The first kappa shape index (κ1) is 21.5. The van der Waals surface area contributed by atoms with E-state index in [0.717, 1.165) is 66.5 Å². The number of fused-ring (bicyclic) bond motifs is 2. The molecule has 1 saturated heterocycles. The minimum atomic E-state index is -0.0582. The molecule has 172 valence electrons. The van der Waals surface area contributed by atoms with E-state index in [-0.39, 0.29) is 11.8 Å². The molecule has 5 rings (SSSR count). The highest BCUT2D eigenvalue weighted by Crippen LogP contribution is 2.32. The fourth-order valence-corrected chi connectivity index (χ4v) is 4.57. The van der Waals surface area contributed by atoms with Crippen LogP contribution in [0.1, 0.15) is 24.7 Å². The fourth-order valence-electron chi connectivity index (χ4n) is 4.57. The maximum absolute atomic E-state index is 13.4. The summed E-state index contributed by atoms with van der Waals surface area (Å²) in [6.45, 7) is 8.01. The van der Waals surface area contributed by atoms with E-state index in [1.807, 2.05) is 25.4 Å². The lowest BCUT2D eigenvalue weighted by atomic mass is 9.92. The SMILES string of the molecule is COc1nc(C)cn2nc(C3=CC(=O)N4C=C(N5CCN(C)CC5)C=CC4=CCC3C)cc12. The van der Waals surface area contributed by atoms with Crippen LogP contribution in [0.25, 0.3) is 11.1 Å². The highest BCUT2D eigenvalue weighted by atomic mass is 16.5. The molecule has 0 radical (unpaired) electrons. The lowest BCUT2D eigenvalue weighted by Crippen LogP contribution is -2.44. The maximum atomic E-state index is 13.4. The molecule has 0 aromatic carbocycles. The molecule has 0 aliphatic carbocycles. The van der Waals surface area contributed by atoms with Gasteiger partial charge in [0.15, 0.2) is 0 Å². The zero-order valence-electron chi connectivity index (χ0n) is 19.7. The quantitative estimate of drug-likeness (QED) is 0.723. The molecule has 5 heterocycles. The van der Waals surface area contributed by atoms with Crippen LogP contribution in [0, 0.1) is 12.8 Å². The molecule has 0 N–H and O–H groups in total. The number of methoxy groups -OCH3 is 1. The van der Waals surface area contributed by atoms with E-state index in [1.54, 1.807) is 22.6 Å². The maximum Gasteiger partial charge on any atom is 0.255 e. The van der Waals surface area contributed by atoms with Gasteiger partial charge in [-0.25, -0.2) is 9.50 Å². The first-order chi connectivity index (χ1) is 15.9. The van der Waals surface area contributed by atoms with E-state index in [9.17, 15) is 4.79 Å². The van der Waals surface area contributed by atoms with Crippen molar-refractivity contribution in [3.05, 3.63) is 65.5 Å². The number of allylic oxidation sites excluding steroid dienone is 4. The van der Waals surface area contributed by atoms with Gasteiger partial charge < -0.3 is 14.5 Å². The van der Waals surface area contributed by atoms with Crippen LogP contribution in [-0.2, 0) is 4.79 Å². The molecule has 33 heavy (non-hydrogen) atoms. The minimum Gasteiger partial charge on any atom is -0.479 e. The number of nitrogens with zero attached hydrogens (tertiary/aromatic N) is 6. The summed E-state index contributed by atoms with van der Waals surface area (Å²) in [6.07, 6.45) is 12.7. The fraction of sp³-hybridized carbons (Fsp3) is 0.400. The third-order valence-electron chi connectivity index (χ3n) is 6.59. The van der Waals surface area contributed by atoms with Crippen molar-refractivity contribution in [1.82, 2.24) is 29.3 Å². The zero-order chi connectivity index (χ0) is 23.1. The molecule has 3 aliphatic rings. The summed E-state index contributed by atoms with van der Waals surface area (Å²) in [5.74, 6) is 0.615. The molecular weight excluding hydrogens is 416 g/mol. The number of ether oxygens (including phenoxy) is 1. The molecule has 2 aromatic rings. The predicted octanol–water partition coefficient (Wildman–Crippen LogP) is 2.84. The molecule has 0 saturated carbocycles. The van der Waals surface area contributed by atoms with Crippen molar-refractivity contribution in [2.75, 3.05) is 40.3 Å². The van der Waals surface area contributed by atoms with Gasteiger partial charge in [-0.05, 0) is 50.1 Å². The average Bonchev–Trinajstić information content (AvgIpc) is 3.23. The van der Waals surface area contributed by atoms with Crippen molar-refractivity contribution in [2.45, 2.75) is 20.3 Å². The van der Waals surface area contributed by atoms with Gasteiger partial charge in [0.2, 0.25) is 5.88 Å². The van der Waals surface area contributed by atoms with Crippen LogP contribution in [0.3, 0.4) is 0 Å². The van der Waals surface area contributed by atoms with Crippen molar-refractivity contribution in [1.29, 1.82) is 0 Å². The molecular formula is C25H30N6O2. The molecule has 1 fully saturated rings. The number of piperazine rings is 1. The van der Waals surface area contributed by atoms with Gasteiger partial charge in [0.1, 0.15) is 5.52 Å². The molecule has 1 unspecified atom stereocenters. The van der Waals surface area contributed by atoms with Crippen LogP contribution in [0.15, 0.2) is 54.2 Å². The number of aromatic nitrogens is 3. The smallest absolute Gasteiger partial charge is 0.255 e. The van der Waals surface area contributed by atoms with Crippen LogP contribution in [0.5, 0.6) is 5.88 Å². The number of likely N-dealkylation sites (N-methyl/N-ethyl adjacent to an activating group) is 1. The van der Waals surface area contributed by atoms with Crippen molar-refractivity contribution in [2.24, 2.45) is 5.92 Å². The van der Waals surface area contributed by atoms with E-state index in [4.69, 9.17) is 9.84 Å². The molecule has 8 heteroatoms. The molecule has 1 atom stereocenters. The lowest BCUT2D eigenvalue weighted by Gasteiger charge is -2.37. The summed E-state index contributed by atoms with van der Waals surface area (Å²) in [7, 11) is 3.75. The van der Waals surface area contributed by atoms with E-state index < -0.39 is 0 Å². The second-order valence-corrected chi connectivity index (χ2v) is 9.00. The minimum absolute atomic E-state index is 0.0582. The highest BCUT2D eigenvalue weighted by molar-refractivity contribution is 5.98. The standard InChI is InChI=1S/C25H30N6O2/c1-17-5-6-19-7-8-20(29-11-9-28(3)10-12-29)16-30(19)24(32)13-21(17)22-14-23-25(33-4)26-18(2)15-31(23)27-22/h6-8,13-17H,5,9-12H2,1-4H3. The summed E-state index contributed by atoms with van der Waals surface area (Å²) >= 11 is 0. The molecule has 2 aromatic heterocycles. The number of hydrogen-bond donors (Lipinski definition) is 0. The first-order valence-corrected chi connectivity index (χ1v) is 11.4. The Labute approximate surface area is 194 Å². The summed E-state index contributed by atoms with van der Waals surface area (Å²) in [5.41, 5.74) is 5.30. The number of carbonyl (C=O) groups excluding carboxylic acids is 1. The highest BCUT2D eigenvalue weighted by Gasteiger charge is 2.26. The van der Waals surface area contributed by atoms with Crippen LogP contribution >= 0.6 is 0 Å². The molecule has 0 bridgehead atoms. The van der Waals surface area contributed by atoms with Crippen molar-refractivity contribution in [3.8, 4) is 5.88 Å². The average molecular weight is 447 g/mol. The third-order valence-corrected chi connectivity index (χ3v) is 6.59. The Balaban J connectivity index is 1.49. The predicted molar refractivity (Wildman–Crippen MR) is 127 cm³/mol. The van der Waals surface area contributed by atoms with Gasteiger partial charge >= 0.3 is 0 Å². The number of amides is 1. The summed E-state index contributed by atoms with van der Waals surface area (Å²) in [6, 6.07) is 1.95. The third kappa shape index (κ3) is 4.06. The van der Waals surface area contributed by atoms with E-state index in [0.29, 0.717) is 5.88 Å². The van der Waals surface area contributed by atoms with Crippen molar-refractivity contribution in [3.63, 3.8) is 0 Å². The number of aryl methyl sites for hydroxylation is 1. The largest absolute Gasteiger partial charge is 0.479 e. The van der Waals surface area contributed by atoms with Gasteiger partial charge in [-0.2, -0.15) is 5.10 Å². The van der Waals surface area contributed by atoms with Gasteiger partial charge in [0.25, 0.3) is 5.91 Å². The van der Waals surface area contributed by atoms with Crippen molar-refractivity contribution >= 4 is 17.0 Å². The lowest BCUT2D eigenvalue weighted by molar-refractivity contribution is -0.122. The van der Waals surface area contributed by atoms with Crippen LogP contribution in [0.4, 0.5) is 0 Å². The van der Waals surface area contributed by atoms with Crippen LogP contribution in [0.2, 0.25) is 0 Å². The monoisotopic (exact) mass is 446 g/mol. The number of rotatable bonds is 3. The number of hydrogen-bond acceptors (Lipinski definition) is 6. The molecule has 1 amide bonds. The van der Waals surface area contributed by atoms with Crippen LogP contribution < -0.4 is 4.74 Å². The summed E-state index contributed by atoms with van der Waals surface area (Å²) in [4.78, 5) is 24.3. The Morgan fingerprint density at radius 3 is 2.64 bits per heavy atom. The van der Waals surface area contributed by atoms with Gasteiger partial charge in [-0.3, -0.25) is 9.69 Å². The van der Waals surface area contributed by atoms with E-state index >= 15 is 0 Å². The van der Waals surface area contributed by atoms with Gasteiger partial charge in [0.05, 0.1) is 30.4 Å². The number of carbonyl (C=O) groups is 1. The van der Waals surface area contributed by atoms with Crippen molar-refractivity contribution < 1.29 is 9.53 Å². The van der Waals surface area contributed by atoms with Crippen LogP contribution in [-0.4, -0.2) is 75.5 Å². The Kier molecular flexibility index (Phi) is 5.54. The first-order valence-electron chi connectivity index (χ1n) is 11.4. The topological polar surface area (TPSA) is 66.2 Å². The van der Waals surface area contributed by atoms with Gasteiger partial charge in [-0.15, -0.1) is 0 Å².